The average Bonchev–Trinajstić information content (AvgIpc) is 2.60. The molecule has 7 heteroatoms. The third kappa shape index (κ3) is 5.29. The van der Waals surface area contributed by atoms with E-state index >= 15 is 0 Å². The van der Waals surface area contributed by atoms with Crippen LogP contribution in [0.3, 0.4) is 0 Å². The zero-order valence-electron chi connectivity index (χ0n) is 14.8. The number of aryl methyl sites for hydroxylation is 2. The van der Waals surface area contributed by atoms with Gasteiger partial charge in [0.05, 0.1) is 5.25 Å². The minimum Gasteiger partial charge on any atom is -0.358 e. The van der Waals surface area contributed by atoms with Gasteiger partial charge in [-0.1, -0.05) is 24.3 Å². The molecule has 0 saturated carbocycles. The summed E-state index contributed by atoms with van der Waals surface area (Å²) >= 11 is 0. The van der Waals surface area contributed by atoms with E-state index in [9.17, 15) is 18.0 Å². The molecule has 1 aliphatic heterocycles. The van der Waals surface area contributed by atoms with Gasteiger partial charge in [-0.2, -0.15) is 0 Å². The van der Waals surface area contributed by atoms with E-state index in [1.165, 1.54) is 18.2 Å². The Morgan fingerprint density at radius 2 is 1.84 bits per heavy atom. The monoisotopic (exact) mass is 366 g/mol. The Labute approximate surface area is 149 Å². The summed E-state index contributed by atoms with van der Waals surface area (Å²) in [6.45, 7) is 2.90. The van der Waals surface area contributed by atoms with Crippen LogP contribution in [0, 0.1) is 6.92 Å². The molecule has 0 radical (unpaired) electrons. The van der Waals surface area contributed by atoms with Crippen LogP contribution in [0.4, 0.5) is 0 Å². The first kappa shape index (κ1) is 19.4. The SMILES string of the molecule is CNC(=O)CS(=O)(=O)C1CCN(C(=O)CCc2ccccc2C)CC1. The van der Waals surface area contributed by atoms with Crippen LogP contribution < -0.4 is 5.32 Å². The maximum atomic E-state index is 12.4. The predicted molar refractivity (Wildman–Crippen MR) is 97.0 cm³/mol. The summed E-state index contributed by atoms with van der Waals surface area (Å²) < 4.78 is 24.4. The Bertz CT molecular complexity index is 722. The zero-order chi connectivity index (χ0) is 18.4. The van der Waals surface area contributed by atoms with Gasteiger partial charge >= 0.3 is 0 Å². The van der Waals surface area contributed by atoms with Crippen LogP contribution in [0.2, 0.25) is 0 Å². The Kier molecular flexibility index (Phi) is 6.58. The van der Waals surface area contributed by atoms with Crippen LogP contribution >= 0.6 is 0 Å². The van der Waals surface area contributed by atoms with Gasteiger partial charge in [0.25, 0.3) is 0 Å². The second kappa shape index (κ2) is 8.47. The van der Waals surface area contributed by atoms with E-state index in [0.717, 1.165) is 0 Å². The number of nitrogens with zero attached hydrogens (tertiary/aromatic N) is 1. The molecule has 1 aromatic carbocycles. The molecule has 25 heavy (non-hydrogen) atoms. The summed E-state index contributed by atoms with van der Waals surface area (Å²) in [5, 5.41) is 1.80. The molecule has 1 aromatic rings. The maximum Gasteiger partial charge on any atom is 0.234 e. The summed E-state index contributed by atoms with van der Waals surface area (Å²) in [6, 6.07) is 8.00. The van der Waals surface area contributed by atoms with Crippen LogP contribution in [0.1, 0.15) is 30.4 Å². The number of benzene rings is 1. The Hall–Kier alpha value is -1.89. The molecule has 1 heterocycles. The van der Waals surface area contributed by atoms with Gasteiger partial charge < -0.3 is 10.2 Å². The van der Waals surface area contributed by atoms with E-state index in [2.05, 4.69) is 5.32 Å². The van der Waals surface area contributed by atoms with E-state index in [1.807, 2.05) is 31.2 Å². The third-order valence-electron chi connectivity index (χ3n) is 4.78. The third-order valence-corrected chi connectivity index (χ3v) is 6.93. The molecular weight excluding hydrogens is 340 g/mol. The smallest absolute Gasteiger partial charge is 0.234 e. The van der Waals surface area contributed by atoms with Crippen molar-refractivity contribution in [3.63, 3.8) is 0 Å². The fraction of sp³-hybridized carbons (Fsp3) is 0.556. The summed E-state index contributed by atoms with van der Waals surface area (Å²) in [5.74, 6) is -0.905. The molecule has 0 unspecified atom stereocenters. The van der Waals surface area contributed by atoms with Crippen molar-refractivity contribution in [2.75, 3.05) is 25.9 Å². The van der Waals surface area contributed by atoms with Crippen LogP contribution in [-0.2, 0) is 25.8 Å². The first-order valence-corrected chi connectivity index (χ1v) is 10.3. The molecule has 2 amide bonds. The van der Waals surface area contributed by atoms with Crippen molar-refractivity contribution in [3.05, 3.63) is 35.4 Å². The second-order valence-corrected chi connectivity index (χ2v) is 8.77. The number of rotatable bonds is 6. The van der Waals surface area contributed by atoms with E-state index in [1.54, 1.807) is 4.90 Å². The van der Waals surface area contributed by atoms with Crippen molar-refractivity contribution in [2.45, 2.75) is 37.9 Å². The van der Waals surface area contributed by atoms with Gasteiger partial charge in [-0.15, -0.1) is 0 Å². The number of hydrogen-bond acceptors (Lipinski definition) is 4. The van der Waals surface area contributed by atoms with E-state index < -0.39 is 26.7 Å². The molecule has 0 bridgehead atoms. The highest BCUT2D eigenvalue weighted by atomic mass is 32.2. The quantitative estimate of drug-likeness (QED) is 0.817. The van der Waals surface area contributed by atoms with E-state index in [0.29, 0.717) is 38.8 Å². The highest BCUT2D eigenvalue weighted by Gasteiger charge is 2.32. The normalized spacial score (nSPS) is 15.8. The number of piperidine rings is 1. The summed E-state index contributed by atoms with van der Waals surface area (Å²) in [7, 11) is -2.03. The van der Waals surface area contributed by atoms with Crippen LogP contribution in [0.15, 0.2) is 24.3 Å². The standard InChI is InChI=1S/C18H26N2O4S/c1-14-5-3-4-6-15(14)7-8-18(22)20-11-9-16(10-12-20)25(23,24)13-17(21)19-2/h3-6,16H,7-13H2,1-2H3,(H,19,21). The number of nitrogens with one attached hydrogen (secondary N) is 1. The molecule has 1 saturated heterocycles. The second-order valence-electron chi connectivity index (χ2n) is 6.49. The minimum absolute atomic E-state index is 0.0606. The van der Waals surface area contributed by atoms with E-state index in [-0.39, 0.29) is 5.91 Å². The van der Waals surface area contributed by atoms with Crippen molar-refractivity contribution in [1.82, 2.24) is 10.2 Å². The van der Waals surface area contributed by atoms with Crippen molar-refractivity contribution >= 4 is 21.7 Å². The molecule has 6 nitrogen and oxygen atoms in total. The first-order valence-electron chi connectivity index (χ1n) is 8.58. The fourth-order valence-corrected chi connectivity index (χ4v) is 4.80. The molecule has 1 fully saturated rings. The number of carbonyl (C=O) groups excluding carboxylic acids is 2. The Balaban J connectivity index is 1.84. The topological polar surface area (TPSA) is 83.6 Å². The number of sulfone groups is 1. The van der Waals surface area contributed by atoms with Gasteiger partial charge in [0, 0.05) is 26.6 Å². The largest absolute Gasteiger partial charge is 0.358 e. The van der Waals surface area contributed by atoms with Crippen molar-refractivity contribution in [3.8, 4) is 0 Å². The molecule has 0 aliphatic carbocycles. The molecule has 0 aromatic heterocycles. The number of likely N-dealkylation sites (tertiary alicyclic amines) is 1. The summed E-state index contributed by atoms with van der Waals surface area (Å²) in [5.41, 5.74) is 2.34. The van der Waals surface area contributed by atoms with Crippen molar-refractivity contribution in [2.24, 2.45) is 0 Å². The number of amides is 2. The van der Waals surface area contributed by atoms with Gasteiger partial charge in [-0.25, -0.2) is 8.42 Å². The first-order chi connectivity index (χ1) is 11.8. The van der Waals surface area contributed by atoms with Gasteiger partial charge in [-0.3, -0.25) is 9.59 Å². The van der Waals surface area contributed by atoms with E-state index in [4.69, 9.17) is 0 Å². The lowest BCUT2D eigenvalue weighted by Crippen LogP contribution is -2.44. The molecule has 2 rings (SSSR count). The van der Waals surface area contributed by atoms with Gasteiger partial charge in [0.15, 0.2) is 9.84 Å². The zero-order valence-corrected chi connectivity index (χ0v) is 15.6. The lowest BCUT2D eigenvalue weighted by atomic mass is 10.0. The number of hydrogen-bond donors (Lipinski definition) is 1. The van der Waals surface area contributed by atoms with Crippen LogP contribution in [0.5, 0.6) is 0 Å². The lowest BCUT2D eigenvalue weighted by Gasteiger charge is -2.31. The molecule has 0 spiro atoms. The van der Waals surface area contributed by atoms with Crippen LogP contribution in [0.25, 0.3) is 0 Å². The molecular formula is C18H26N2O4S. The van der Waals surface area contributed by atoms with Crippen LogP contribution in [-0.4, -0.2) is 56.3 Å². The van der Waals surface area contributed by atoms with Crippen molar-refractivity contribution < 1.29 is 18.0 Å². The van der Waals surface area contributed by atoms with Gasteiger partial charge in [-0.05, 0) is 37.3 Å². The summed E-state index contributed by atoms with van der Waals surface area (Å²) in [6.07, 6.45) is 1.92. The highest BCUT2D eigenvalue weighted by molar-refractivity contribution is 7.92. The molecule has 0 atom stereocenters. The predicted octanol–water partition coefficient (Wildman–Crippen LogP) is 1.08. The molecule has 138 valence electrons. The van der Waals surface area contributed by atoms with Gasteiger partial charge in [0.1, 0.15) is 5.75 Å². The molecule has 1 aliphatic rings. The summed E-state index contributed by atoms with van der Waals surface area (Å²) in [4.78, 5) is 25.5. The minimum atomic E-state index is -3.45. The average molecular weight is 366 g/mol. The Morgan fingerprint density at radius 3 is 2.44 bits per heavy atom. The van der Waals surface area contributed by atoms with Crippen molar-refractivity contribution in [1.29, 1.82) is 0 Å². The Morgan fingerprint density at radius 1 is 1.20 bits per heavy atom. The lowest BCUT2D eigenvalue weighted by molar-refractivity contribution is -0.132. The highest BCUT2D eigenvalue weighted by Crippen LogP contribution is 2.20. The maximum absolute atomic E-state index is 12.4. The molecule has 1 N–H and O–H groups in total. The van der Waals surface area contributed by atoms with Gasteiger partial charge in [0.2, 0.25) is 11.8 Å². The number of carbonyl (C=O) groups is 2. The fourth-order valence-electron chi connectivity index (χ4n) is 3.13.